The van der Waals surface area contributed by atoms with Crippen molar-refractivity contribution in [1.29, 1.82) is 0 Å². The summed E-state index contributed by atoms with van der Waals surface area (Å²) in [4.78, 5) is 31.0. The van der Waals surface area contributed by atoms with Crippen molar-refractivity contribution < 1.29 is 4.79 Å². The number of hydrogen-bond acceptors (Lipinski definition) is 5. The van der Waals surface area contributed by atoms with Crippen molar-refractivity contribution in [3.8, 4) is 11.3 Å². The van der Waals surface area contributed by atoms with Crippen LogP contribution in [0.25, 0.3) is 22.4 Å². The van der Waals surface area contributed by atoms with Gasteiger partial charge in [-0.05, 0) is 58.4 Å². The molecule has 1 aromatic carbocycles. The maximum atomic E-state index is 13.0. The van der Waals surface area contributed by atoms with E-state index in [2.05, 4.69) is 92.8 Å². The lowest BCUT2D eigenvalue weighted by Gasteiger charge is -2.35. The number of amides is 1. The number of aromatic nitrogens is 4. The molecule has 198 valence electrons. The number of carbonyl (C=O) groups is 1. The van der Waals surface area contributed by atoms with E-state index in [0.29, 0.717) is 13.1 Å². The van der Waals surface area contributed by atoms with Crippen molar-refractivity contribution in [3.05, 3.63) is 72.2 Å². The van der Waals surface area contributed by atoms with Crippen LogP contribution >= 0.6 is 0 Å². The van der Waals surface area contributed by atoms with Gasteiger partial charge in [0.1, 0.15) is 17.9 Å². The van der Waals surface area contributed by atoms with Crippen molar-refractivity contribution in [3.63, 3.8) is 0 Å². The third-order valence-corrected chi connectivity index (χ3v) is 7.33. The molecule has 1 amide bonds. The van der Waals surface area contributed by atoms with Gasteiger partial charge in [-0.3, -0.25) is 4.79 Å². The largest absolute Gasteiger partial charge is 0.353 e. The molecule has 0 bridgehead atoms. The Balaban J connectivity index is 1.30. The van der Waals surface area contributed by atoms with Gasteiger partial charge in [0.2, 0.25) is 5.91 Å². The van der Waals surface area contributed by atoms with E-state index in [1.807, 2.05) is 21.6 Å². The molecule has 0 spiro atoms. The Bertz CT molecular complexity index is 1420. The number of anilines is 1. The second-order valence-electron chi connectivity index (χ2n) is 12.3. The summed E-state index contributed by atoms with van der Waals surface area (Å²) in [5, 5.41) is 0. The lowest BCUT2D eigenvalue weighted by molar-refractivity contribution is -0.132. The minimum atomic E-state index is 0.0511. The van der Waals surface area contributed by atoms with Crippen LogP contribution in [0.5, 0.6) is 0 Å². The van der Waals surface area contributed by atoms with Crippen molar-refractivity contribution in [2.75, 3.05) is 31.1 Å². The van der Waals surface area contributed by atoms with Crippen LogP contribution < -0.4 is 4.90 Å². The number of fused-ring (bicyclic) bond motifs is 1. The van der Waals surface area contributed by atoms with E-state index in [9.17, 15) is 4.79 Å². The molecular formula is C31H38N6O. The first-order valence-electron chi connectivity index (χ1n) is 13.4. The zero-order chi connectivity index (χ0) is 27.1. The molecule has 4 heterocycles. The first-order valence-corrected chi connectivity index (χ1v) is 13.4. The molecule has 0 atom stereocenters. The molecule has 1 fully saturated rings. The van der Waals surface area contributed by atoms with Gasteiger partial charge >= 0.3 is 0 Å². The SMILES string of the molecule is CC(C)(C)c1cc(-c2cccc(N3CCN(C(=O)Cn4cnc5cccnc54)CC3)n2)cc(C(C)(C)C)c1. The molecule has 1 aliphatic heterocycles. The topological polar surface area (TPSA) is 67.2 Å². The normalized spacial score (nSPS) is 14.8. The van der Waals surface area contributed by atoms with Gasteiger partial charge in [-0.1, -0.05) is 53.7 Å². The van der Waals surface area contributed by atoms with Crippen LogP contribution in [0, 0.1) is 0 Å². The summed E-state index contributed by atoms with van der Waals surface area (Å²) in [6.07, 6.45) is 3.43. The summed E-state index contributed by atoms with van der Waals surface area (Å²) in [6.45, 7) is 16.6. The van der Waals surface area contributed by atoms with Crippen LogP contribution in [0.4, 0.5) is 5.82 Å². The van der Waals surface area contributed by atoms with Gasteiger partial charge in [-0.15, -0.1) is 0 Å². The molecule has 7 heteroatoms. The molecule has 5 rings (SSSR count). The van der Waals surface area contributed by atoms with E-state index in [1.165, 1.54) is 11.1 Å². The van der Waals surface area contributed by atoms with E-state index in [1.54, 1.807) is 12.5 Å². The molecular weight excluding hydrogens is 472 g/mol. The Morgan fingerprint density at radius 1 is 0.842 bits per heavy atom. The highest BCUT2D eigenvalue weighted by Crippen LogP contribution is 2.34. The van der Waals surface area contributed by atoms with E-state index < -0.39 is 0 Å². The van der Waals surface area contributed by atoms with E-state index in [0.717, 1.165) is 41.3 Å². The molecule has 0 radical (unpaired) electrons. The van der Waals surface area contributed by atoms with E-state index in [4.69, 9.17) is 4.98 Å². The molecule has 3 aromatic heterocycles. The minimum absolute atomic E-state index is 0.0511. The van der Waals surface area contributed by atoms with Gasteiger partial charge in [-0.2, -0.15) is 0 Å². The average molecular weight is 511 g/mol. The first kappa shape index (κ1) is 25.9. The number of imidazole rings is 1. The quantitative estimate of drug-likeness (QED) is 0.366. The molecule has 1 aliphatic rings. The standard InChI is InChI=1S/C31H38N6O/c1-30(2,3)23-17-22(18-24(19-23)31(4,5)6)25-9-7-11-27(34-25)35-13-15-36(16-14-35)28(38)20-37-21-33-26-10-8-12-32-29(26)37/h7-12,17-19,21H,13-16,20H2,1-6H3. The predicted octanol–water partition coefficient (Wildman–Crippen LogP) is 5.44. The van der Waals surface area contributed by atoms with Gasteiger partial charge in [0.15, 0.2) is 5.65 Å². The lowest BCUT2D eigenvalue weighted by Crippen LogP contribution is -2.49. The highest BCUT2D eigenvalue weighted by Gasteiger charge is 2.24. The maximum Gasteiger partial charge on any atom is 0.242 e. The number of carbonyl (C=O) groups excluding carboxylic acids is 1. The molecule has 0 unspecified atom stereocenters. The van der Waals surface area contributed by atoms with Crippen molar-refractivity contribution in [1.82, 2.24) is 24.4 Å². The monoisotopic (exact) mass is 510 g/mol. The van der Waals surface area contributed by atoms with Gasteiger partial charge in [0, 0.05) is 37.9 Å². The number of benzene rings is 1. The third kappa shape index (κ3) is 5.42. The van der Waals surface area contributed by atoms with Gasteiger partial charge in [-0.25, -0.2) is 15.0 Å². The van der Waals surface area contributed by atoms with Crippen molar-refractivity contribution >= 4 is 22.9 Å². The van der Waals surface area contributed by atoms with Crippen molar-refractivity contribution in [2.45, 2.75) is 58.9 Å². The average Bonchev–Trinajstić information content (AvgIpc) is 3.30. The highest BCUT2D eigenvalue weighted by atomic mass is 16.2. The van der Waals surface area contributed by atoms with Crippen LogP contribution in [-0.4, -0.2) is 56.5 Å². The first-order chi connectivity index (χ1) is 18.0. The summed E-state index contributed by atoms with van der Waals surface area (Å²) < 4.78 is 1.83. The fourth-order valence-electron chi connectivity index (χ4n) is 4.85. The van der Waals surface area contributed by atoms with Crippen LogP contribution in [0.15, 0.2) is 61.1 Å². The smallest absolute Gasteiger partial charge is 0.242 e. The van der Waals surface area contributed by atoms with Crippen LogP contribution in [0.3, 0.4) is 0 Å². The van der Waals surface area contributed by atoms with E-state index in [-0.39, 0.29) is 23.3 Å². The minimum Gasteiger partial charge on any atom is -0.353 e. The highest BCUT2D eigenvalue weighted by molar-refractivity contribution is 5.79. The molecule has 0 aliphatic carbocycles. The van der Waals surface area contributed by atoms with Gasteiger partial charge in [0.05, 0.1) is 12.0 Å². The van der Waals surface area contributed by atoms with Crippen LogP contribution in [0.1, 0.15) is 52.7 Å². The summed E-state index contributed by atoms with van der Waals surface area (Å²) in [5.74, 6) is 1.04. The predicted molar refractivity (Wildman–Crippen MR) is 153 cm³/mol. The van der Waals surface area contributed by atoms with Gasteiger partial charge < -0.3 is 14.4 Å². The zero-order valence-electron chi connectivity index (χ0n) is 23.4. The Labute approximate surface area is 225 Å². The number of rotatable bonds is 4. The Morgan fingerprint density at radius 3 is 2.18 bits per heavy atom. The molecule has 4 aromatic rings. The van der Waals surface area contributed by atoms with Crippen molar-refractivity contribution in [2.24, 2.45) is 0 Å². The van der Waals surface area contributed by atoms with Crippen LogP contribution in [-0.2, 0) is 22.2 Å². The molecule has 7 nitrogen and oxygen atoms in total. The Morgan fingerprint density at radius 2 is 1.53 bits per heavy atom. The fraction of sp³-hybridized carbons (Fsp3) is 0.419. The number of pyridine rings is 2. The third-order valence-electron chi connectivity index (χ3n) is 7.33. The lowest BCUT2D eigenvalue weighted by atomic mass is 9.79. The second-order valence-corrected chi connectivity index (χ2v) is 12.3. The summed E-state index contributed by atoms with van der Waals surface area (Å²) in [5.41, 5.74) is 6.42. The van der Waals surface area contributed by atoms with Gasteiger partial charge in [0.25, 0.3) is 0 Å². The summed E-state index contributed by atoms with van der Waals surface area (Å²) in [7, 11) is 0. The molecule has 0 N–H and O–H groups in total. The maximum absolute atomic E-state index is 13.0. The Kier molecular flexibility index (Phi) is 6.72. The molecule has 1 saturated heterocycles. The van der Waals surface area contributed by atoms with E-state index >= 15 is 0 Å². The number of nitrogens with zero attached hydrogens (tertiary/aromatic N) is 6. The van der Waals surface area contributed by atoms with Crippen LogP contribution in [0.2, 0.25) is 0 Å². The Hall–Kier alpha value is -3.74. The molecule has 38 heavy (non-hydrogen) atoms. The zero-order valence-corrected chi connectivity index (χ0v) is 23.4. The summed E-state index contributed by atoms with van der Waals surface area (Å²) >= 11 is 0. The summed E-state index contributed by atoms with van der Waals surface area (Å²) in [6, 6.07) is 16.9. The number of hydrogen-bond donors (Lipinski definition) is 0. The number of piperazine rings is 1. The molecule has 0 saturated carbocycles. The fourth-order valence-corrected chi connectivity index (χ4v) is 4.85. The second kappa shape index (κ2) is 9.86.